The molecule has 0 saturated heterocycles. The summed E-state index contributed by atoms with van der Waals surface area (Å²) >= 11 is 0. The maximum absolute atomic E-state index is 12.3. The Bertz CT molecular complexity index is 1160. The molecule has 1 amide bonds. The maximum Gasteiger partial charge on any atom is 0.267 e. The second-order valence-corrected chi connectivity index (χ2v) is 6.50. The van der Waals surface area contributed by atoms with Crippen molar-refractivity contribution in [2.24, 2.45) is 0 Å². The molecule has 28 heavy (non-hydrogen) atoms. The fourth-order valence-corrected chi connectivity index (χ4v) is 3.17. The smallest absolute Gasteiger partial charge is 0.267 e. The molecule has 4 rings (SSSR count). The van der Waals surface area contributed by atoms with Crippen LogP contribution >= 0.6 is 0 Å². The van der Waals surface area contributed by atoms with Crippen molar-refractivity contribution in [1.82, 2.24) is 19.7 Å². The minimum atomic E-state index is -0.300. The third kappa shape index (κ3) is 3.86. The summed E-state index contributed by atoms with van der Waals surface area (Å²) in [5.74, 6) is -0.240. The Morgan fingerprint density at radius 3 is 2.57 bits per heavy atom. The van der Waals surface area contributed by atoms with Crippen molar-refractivity contribution in [2.45, 2.75) is 13.1 Å². The van der Waals surface area contributed by atoms with Gasteiger partial charge in [-0.2, -0.15) is 5.10 Å². The summed E-state index contributed by atoms with van der Waals surface area (Å²) in [4.78, 5) is 24.3. The lowest BCUT2D eigenvalue weighted by Gasteiger charge is -2.09. The van der Waals surface area contributed by atoms with E-state index in [4.69, 9.17) is 0 Å². The van der Waals surface area contributed by atoms with Gasteiger partial charge in [0.15, 0.2) is 0 Å². The van der Waals surface area contributed by atoms with Gasteiger partial charge in [0.05, 0.1) is 5.69 Å². The average molecular weight is 372 g/mol. The molecule has 2 heterocycles. The second-order valence-electron chi connectivity index (χ2n) is 6.50. The lowest BCUT2D eigenvalue weighted by atomic mass is 10.1. The Morgan fingerprint density at radius 2 is 1.71 bits per heavy atom. The van der Waals surface area contributed by atoms with E-state index >= 15 is 0 Å². The molecule has 0 aliphatic carbocycles. The Labute approximate surface area is 162 Å². The molecule has 2 aromatic heterocycles. The Kier molecular flexibility index (Phi) is 5.01. The first kappa shape index (κ1) is 17.7. The molecule has 0 saturated carbocycles. The number of nitrogens with zero attached hydrogens (tertiary/aromatic N) is 3. The standard InChI is InChI=1S/C22H20N4O2/c27-21(23-13-15-25-14-12-18-8-4-5-9-20(18)25)16-26-22(28)11-10-19(24-26)17-6-2-1-3-7-17/h1-12,14H,13,15-16H2,(H,23,27). The average Bonchev–Trinajstić information content (AvgIpc) is 3.13. The molecule has 2 aromatic carbocycles. The van der Waals surface area contributed by atoms with Crippen LogP contribution in [0.2, 0.25) is 0 Å². The van der Waals surface area contributed by atoms with Crippen LogP contribution in [-0.4, -0.2) is 26.8 Å². The molecule has 6 heteroatoms. The largest absolute Gasteiger partial charge is 0.353 e. The number of carbonyl (C=O) groups is 1. The number of para-hydroxylation sites is 1. The maximum atomic E-state index is 12.3. The van der Waals surface area contributed by atoms with Crippen LogP contribution < -0.4 is 10.9 Å². The molecule has 0 aliphatic heterocycles. The van der Waals surface area contributed by atoms with E-state index in [1.54, 1.807) is 6.07 Å². The molecular formula is C22H20N4O2. The predicted molar refractivity (Wildman–Crippen MR) is 109 cm³/mol. The quantitative estimate of drug-likeness (QED) is 0.566. The third-order valence-corrected chi connectivity index (χ3v) is 4.58. The number of rotatable bonds is 6. The summed E-state index contributed by atoms with van der Waals surface area (Å²) in [6.45, 7) is 1.03. The van der Waals surface area contributed by atoms with Gasteiger partial charge < -0.3 is 9.88 Å². The van der Waals surface area contributed by atoms with Gasteiger partial charge in [0, 0.05) is 36.4 Å². The van der Waals surface area contributed by atoms with Gasteiger partial charge in [0.25, 0.3) is 5.56 Å². The van der Waals surface area contributed by atoms with Crippen LogP contribution in [0.1, 0.15) is 0 Å². The van der Waals surface area contributed by atoms with E-state index in [0.717, 1.165) is 11.1 Å². The molecule has 1 N–H and O–H groups in total. The normalized spacial score (nSPS) is 10.9. The SMILES string of the molecule is O=C(Cn1nc(-c2ccccc2)ccc1=O)NCCn1ccc2ccccc21. The van der Waals surface area contributed by atoms with Gasteiger partial charge in [-0.25, -0.2) is 4.68 Å². The van der Waals surface area contributed by atoms with Crippen LogP contribution in [0, 0.1) is 0 Å². The van der Waals surface area contributed by atoms with E-state index in [1.807, 2.05) is 48.7 Å². The Hall–Kier alpha value is -3.67. The highest BCUT2D eigenvalue weighted by Crippen LogP contribution is 2.15. The summed E-state index contributed by atoms with van der Waals surface area (Å²) in [6.07, 6.45) is 2.01. The summed E-state index contributed by atoms with van der Waals surface area (Å²) in [5, 5.41) is 8.35. The van der Waals surface area contributed by atoms with Crippen LogP contribution in [0.3, 0.4) is 0 Å². The highest BCUT2D eigenvalue weighted by Gasteiger charge is 2.08. The van der Waals surface area contributed by atoms with E-state index in [2.05, 4.69) is 33.2 Å². The van der Waals surface area contributed by atoms with E-state index < -0.39 is 0 Å². The molecule has 0 bridgehead atoms. The van der Waals surface area contributed by atoms with Gasteiger partial charge in [0.2, 0.25) is 5.91 Å². The number of hydrogen-bond acceptors (Lipinski definition) is 3. The van der Waals surface area contributed by atoms with E-state index in [0.29, 0.717) is 18.8 Å². The minimum Gasteiger partial charge on any atom is -0.353 e. The molecular weight excluding hydrogens is 352 g/mol. The summed E-state index contributed by atoms with van der Waals surface area (Å²) in [7, 11) is 0. The number of hydrogen-bond donors (Lipinski definition) is 1. The van der Waals surface area contributed by atoms with Crippen molar-refractivity contribution >= 4 is 16.8 Å². The van der Waals surface area contributed by atoms with Crippen molar-refractivity contribution in [3.63, 3.8) is 0 Å². The molecule has 0 radical (unpaired) electrons. The molecule has 0 aliphatic rings. The number of fused-ring (bicyclic) bond motifs is 1. The first-order valence-corrected chi connectivity index (χ1v) is 9.15. The van der Waals surface area contributed by atoms with Crippen LogP contribution in [0.25, 0.3) is 22.2 Å². The van der Waals surface area contributed by atoms with Crippen molar-refractivity contribution in [3.05, 3.63) is 89.3 Å². The van der Waals surface area contributed by atoms with Gasteiger partial charge in [-0.3, -0.25) is 9.59 Å². The highest BCUT2D eigenvalue weighted by molar-refractivity contribution is 5.80. The number of nitrogens with one attached hydrogen (secondary N) is 1. The zero-order valence-electron chi connectivity index (χ0n) is 15.3. The van der Waals surface area contributed by atoms with Gasteiger partial charge in [-0.1, -0.05) is 48.5 Å². The third-order valence-electron chi connectivity index (χ3n) is 4.58. The zero-order chi connectivity index (χ0) is 19.3. The van der Waals surface area contributed by atoms with E-state index in [1.165, 1.54) is 16.1 Å². The van der Waals surface area contributed by atoms with Crippen LogP contribution in [0.15, 0.2) is 83.8 Å². The molecule has 4 aromatic rings. The Balaban J connectivity index is 1.39. The van der Waals surface area contributed by atoms with Crippen molar-refractivity contribution in [1.29, 1.82) is 0 Å². The van der Waals surface area contributed by atoms with Crippen LogP contribution in [0.4, 0.5) is 0 Å². The Morgan fingerprint density at radius 1 is 0.929 bits per heavy atom. The first-order chi connectivity index (χ1) is 13.7. The molecule has 140 valence electrons. The minimum absolute atomic E-state index is 0.105. The zero-order valence-corrected chi connectivity index (χ0v) is 15.3. The molecule has 0 atom stereocenters. The van der Waals surface area contributed by atoms with Crippen molar-refractivity contribution in [2.75, 3.05) is 6.54 Å². The summed E-state index contributed by atoms with van der Waals surface area (Å²) in [6, 6.07) is 22.8. The van der Waals surface area contributed by atoms with Crippen LogP contribution in [0.5, 0.6) is 0 Å². The highest BCUT2D eigenvalue weighted by atomic mass is 16.2. The summed E-state index contributed by atoms with van der Waals surface area (Å²) < 4.78 is 3.29. The predicted octanol–water partition coefficient (Wildman–Crippen LogP) is 2.68. The topological polar surface area (TPSA) is 68.9 Å². The lowest BCUT2D eigenvalue weighted by Crippen LogP contribution is -2.35. The van der Waals surface area contributed by atoms with Crippen molar-refractivity contribution in [3.8, 4) is 11.3 Å². The number of carbonyl (C=O) groups excluding carboxylic acids is 1. The fraction of sp³-hybridized carbons (Fsp3) is 0.136. The van der Waals surface area contributed by atoms with Crippen molar-refractivity contribution < 1.29 is 4.79 Å². The van der Waals surface area contributed by atoms with E-state index in [-0.39, 0.29) is 18.0 Å². The monoisotopic (exact) mass is 372 g/mol. The van der Waals surface area contributed by atoms with E-state index in [9.17, 15) is 9.59 Å². The van der Waals surface area contributed by atoms with Gasteiger partial charge >= 0.3 is 0 Å². The lowest BCUT2D eigenvalue weighted by molar-refractivity contribution is -0.121. The van der Waals surface area contributed by atoms with Gasteiger partial charge in [-0.05, 0) is 23.6 Å². The van der Waals surface area contributed by atoms with Crippen LogP contribution in [-0.2, 0) is 17.9 Å². The second kappa shape index (κ2) is 7.92. The molecule has 0 fully saturated rings. The summed E-state index contributed by atoms with van der Waals surface area (Å²) in [5.41, 5.74) is 2.39. The van der Waals surface area contributed by atoms with Gasteiger partial charge in [-0.15, -0.1) is 0 Å². The first-order valence-electron chi connectivity index (χ1n) is 9.15. The molecule has 0 spiro atoms. The van der Waals surface area contributed by atoms with Gasteiger partial charge in [0.1, 0.15) is 6.54 Å². The number of aromatic nitrogens is 3. The molecule has 0 unspecified atom stereocenters. The fourth-order valence-electron chi connectivity index (χ4n) is 3.17. The number of benzene rings is 2. The number of amides is 1. The molecule has 6 nitrogen and oxygen atoms in total.